The molecule has 0 aromatic rings. The fourth-order valence-corrected chi connectivity index (χ4v) is 3.81. The lowest BCUT2D eigenvalue weighted by Gasteiger charge is -2.12. The van der Waals surface area contributed by atoms with Gasteiger partial charge >= 0.3 is 5.97 Å². The van der Waals surface area contributed by atoms with Gasteiger partial charge in [0.1, 0.15) is 0 Å². The van der Waals surface area contributed by atoms with Crippen LogP contribution >= 0.6 is 0 Å². The van der Waals surface area contributed by atoms with Crippen LogP contribution in [0.15, 0.2) is 12.2 Å². The van der Waals surface area contributed by atoms with Crippen LogP contribution in [0.4, 0.5) is 0 Å². The Labute approximate surface area is 189 Å². The molecular formula is C28H54O2. The first-order valence-corrected chi connectivity index (χ1v) is 13.4. The van der Waals surface area contributed by atoms with Gasteiger partial charge in [0.2, 0.25) is 0 Å². The molecule has 0 radical (unpaired) electrons. The zero-order valence-corrected chi connectivity index (χ0v) is 21.1. The second-order valence-corrected chi connectivity index (χ2v) is 9.77. The highest BCUT2D eigenvalue weighted by Crippen LogP contribution is 2.15. The molecule has 178 valence electrons. The van der Waals surface area contributed by atoms with Crippen molar-refractivity contribution in [3.63, 3.8) is 0 Å². The van der Waals surface area contributed by atoms with Gasteiger partial charge in [-0.15, -0.1) is 0 Å². The minimum Gasteiger partial charge on any atom is -0.466 e. The smallest absolute Gasteiger partial charge is 0.305 e. The van der Waals surface area contributed by atoms with E-state index in [2.05, 4.69) is 39.8 Å². The second-order valence-electron chi connectivity index (χ2n) is 9.77. The molecule has 0 bridgehead atoms. The summed E-state index contributed by atoms with van der Waals surface area (Å²) in [4.78, 5) is 11.8. The zero-order chi connectivity index (χ0) is 22.3. The largest absolute Gasteiger partial charge is 0.466 e. The summed E-state index contributed by atoms with van der Waals surface area (Å²) in [5.41, 5.74) is 0. The summed E-state index contributed by atoms with van der Waals surface area (Å²) < 4.78 is 5.41. The summed E-state index contributed by atoms with van der Waals surface area (Å²) >= 11 is 0. The molecule has 2 nitrogen and oxygen atoms in total. The summed E-state index contributed by atoms with van der Waals surface area (Å²) in [6, 6.07) is 0. The molecule has 0 aliphatic rings. The van der Waals surface area contributed by atoms with Gasteiger partial charge in [-0.25, -0.2) is 0 Å². The molecule has 0 saturated heterocycles. The standard InChI is InChI=1S/C28H54O2/c1-5-6-7-8-9-10-11-12-13-14-15-16-17-18-19-23-28(29)30-25-24-27(4)22-20-21-26(2)3/h12-13,26-27H,5-11,14-25H2,1-4H3/b13-12+. The van der Waals surface area contributed by atoms with E-state index >= 15 is 0 Å². The Morgan fingerprint density at radius 3 is 1.87 bits per heavy atom. The number of carbonyl (C=O) groups excluding carboxylic acids is 1. The van der Waals surface area contributed by atoms with Gasteiger partial charge in [-0.2, -0.15) is 0 Å². The van der Waals surface area contributed by atoms with Crippen LogP contribution in [0.25, 0.3) is 0 Å². The predicted molar refractivity (Wildman–Crippen MR) is 133 cm³/mol. The number of esters is 1. The van der Waals surface area contributed by atoms with Gasteiger partial charge in [-0.3, -0.25) is 4.79 Å². The van der Waals surface area contributed by atoms with Crippen molar-refractivity contribution >= 4 is 5.97 Å². The second kappa shape index (κ2) is 22.9. The third kappa shape index (κ3) is 23.5. The van der Waals surface area contributed by atoms with Gasteiger partial charge in [0.15, 0.2) is 0 Å². The van der Waals surface area contributed by atoms with Crippen molar-refractivity contribution in [2.75, 3.05) is 6.61 Å². The average Bonchev–Trinajstić information content (AvgIpc) is 2.70. The molecule has 30 heavy (non-hydrogen) atoms. The van der Waals surface area contributed by atoms with E-state index < -0.39 is 0 Å². The molecule has 0 saturated carbocycles. The van der Waals surface area contributed by atoms with Crippen LogP contribution < -0.4 is 0 Å². The Morgan fingerprint density at radius 1 is 0.700 bits per heavy atom. The Morgan fingerprint density at radius 2 is 1.27 bits per heavy atom. The van der Waals surface area contributed by atoms with Gasteiger partial charge in [0.25, 0.3) is 0 Å². The van der Waals surface area contributed by atoms with Crippen LogP contribution in [0.5, 0.6) is 0 Å². The normalized spacial score (nSPS) is 12.7. The molecule has 1 unspecified atom stereocenters. The molecule has 0 N–H and O–H groups in total. The van der Waals surface area contributed by atoms with E-state index in [-0.39, 0.29) is 5.97 Å². The lowest BCUT2D eigenvalue weighted by atomic mass is 9.98. The van der Waals surface area contributed by atoms with E-state index in [0.717, 1.165) is 25.2 Å². The van der Waals surface area contributed by atoms with E-state index in [4.69, 9.17) is 4.74 Å². The van der Waals surface area contributed by atoms with Crippen LogP contribution in [0, 0.1) is 11.8 Å². The maximum atomic E-state index is 11.8. The Bertz CT molecular complexity index is 386. The SMILES string of the molecule is CCCCCCCC/C=C/CCCCCCCC(=O)OCCC(C)CCCC(C)C. The molecule has 0 fully saturated rings. The minimum absolute atomic E-state index is 0.00186. The van der Waals surface area contributed by atoms with Crippen LogP contribution in [-0.4, -0.2) is 12.6 Å². The molecular weight excluding hydrogens is 368 g/mol. The molecule has 2 heteroatoms. The van der Waals surface area contributed by atoms with Crippen molar-refractivity contribution in [1.29, 1.82) is 0 Å². The summed E-state index contributed by atoms with van der Waals surface area (Å²) in [7, 11) is 0. The molecule has 1 atom stereocenters. The quantitative estimate of drug-likeness (QED) is 0.0986. The molecule has 0 aromatic carbocycles. The summed E-state index contributed by atoms with van der Waals surface area (Å²) in [6.07, 6.45) is 26.9. The first kappa shape index (κ1) is 29.2. The van der Waals surface area contributed by atoms with Crippen molar-refractivity contribution in [2.24, 2.45) is 11.8 Å². The van der Waals surface area contributed by atoms with Gasteiger partial charge in [-0.1, -0.05) is 110 Å². The van der Waals surface area contributed by atoms with Crippen molar-refractivity contribution in [3.8, 4) is 0 Å². The molecule has 0 aliphatic heterocycles. The summed E-state index contributed by atoms with van der Waals surface area (Å²) in [5.74, 6) is 1.46. The van der Waals surface area contributed by atoms with Gasteiger partial charge in [0.05, 0.1) is 6.61 Å². The molecule has 0 heterocycles. The Balaban J connectivity index is 3.32. The fourth-order valence-electron chi connectivity index (χ4n) is 3.81. The molecule has 0 spiro atoms. The van der Waals surface area contributed by atoms with Crippen LogP contribution in [0.2, 0.25) is 0 Å². The average molecular weight is 423 g/mol. The number of carbonyl (C=O) groups is 1. The zero-order valence-electron chi connectivity index (χ0n) is 21.1. The first-order valence-electron chi connectivity index (χ1n) is 13.4. The van der Waals surface area contributed by atoms with Crippen molar-refractivity contribution in [1.82, 2.24) is 0 Å². The lowest BCUT2D eigenvalue weighted by Crippen LogP contribution is -2.08. The van der Waals surface area contributed by atoms with E-state index in [1.54, 1.807) is 0 Å². The van der Waals surface area contributed by atoms with E-state index in [9.17, 15) is 4.79 Å². The van der Waals surface area contributed by atoms with Gasteiger partial charge < -0.3 is 4.74 Å². The van der Waals surface area contributed by atoms with Crippen molar-refractivity contribution in [3.05, 3.63) is 12.2 Å². The number of ether oxygens (including phenoxy) is 1. The van der Waals surface area contributed by atoms with Crippen molar-refractivity contribution < 1.29 is 9.53 Å². The number of hydrogen-bond acceptors (Lipinski definition) is 2. The first-order chi connectivity index (χ1) is 14.6. The number of unbranched alkanes of at least 4 members (excludes halogenated alkanes) is 11. The molecule has 0 aliphatic carbocycles. The summed E-state index contributed by atoms with van der Waals surface area (Å²) in [6.45, 7) is 9.71. The van der Waals surface area contributed by atoms with Crippen molar-refractivity contribution in [2.45, 2.75) is 143 Å². The number of rotatable bonds is 22. The van der Waals surface area contributed by atoms with E-state index in [1.807, 2.05) is 0 Å². The Hall–Kier alpha value is -0.790. The third-order valence-corrected chi connectivity index (χ3v) is 5.99. The highest BCUT2D eigenvalue weighted by Gasteiger charge is 2.06. The third-order valence-electron chi connectivity index (χ3n) is 5.99. The van der Waals surface area contributed by atoms with Crippen LogP contribution in [-0.2, 0) is 9.53 Å². The van der Waals surface area contributed by atoms with E-state index in [0.29, 0.717) is 18.9 Å². The van der Waals surface area contributed by atoms with Gasteiger partial charge in [-0.05, 0) is 50.4 Å². The van der Waals surface area contributed by atoms with E-state index in [1.165, 1.54) is 89.9 Å². The minimum atomic E-state index is 0.00186. The fraction of sp³-hybridized carbons (Fsp3) is 0.893. The van der Waals surface area contributed by atoms with Crippen LogP contribution in [0.1, 0.15) is 143 Å². The highest BCUT2D eigenvalue weighted by atomic mass is 16.5. The summed E-state index contributed by atoms with van der Waals surface area (Å²) in [5, 5.41) is 0. The van der Waals surface area contributed by atoms with Crippen LogP contribution in [0.3, 0.4) is 0 Å². The lowest BCUT2D eigenvalue weighted by molar-refractivity contribution is -0.144. The topological polar surface area (TPSA) is 26.3 Å². The predicted octanol–water partition coefficient (Wildman–Crippen LogP) is 9.42. The highest BCUT2D eigenvalue weighted by molar-refractivity contribution is 5.69. The number of allylic oxidation sites excluding steroid dienone is 2. The molecule has 0 rings (SSSR count). The maximum Gasteiger partial charge on any atom is 0.305 e. The number of hydrogen-bond donors (Lipinski definition) is 0. The molecule has 0 amide bonds. The monoisotopic (exact) mass is 422 g/mol. The molecule has 0 aromatic heterocycles. The maximum absolute atomic E-state index is 11.8. The Kier molecular flexibility index (Phi) is 22.3. The van der Waals surface area contributed by atoms with Gasteiger partial charge in [0, 0.05) is 6.42 Å².